The third kappa shape index (κ3) is 4.60. The highest BCUT2D eigenvalue weighted by molar-refractivity contribution is 7.89. The number of carbonyl (C=O) groups excluding carboxylic acids is 1. The number of rotatable bonds is 5. The van der Waals surface area contributed by atoms with Crippen LogP contribution in [0.25, 0.3) is 0 Å². The summed E-state index contributed by atoms with van der Waals surface area (Å²) in [4.78, 5) is 16.2. The zero-order valence-corrected chi connectivity index (χ0v) is 17.5. The summed E-state index contributed by atoms with van der Waals surface area (Å²) in [6.45, 7) is 1.45. The van der Waals surface area contributed by atoms with Crippen molar-refractivity contribution in [1.29, 1.82) is 5.26 Å². The average Bonchev–Trinajstić information content (AvgIpc) is 2.74. The number of carbonyl (C=O) groups is 1. The van der Waals surface area contributed by atoms with Crippen molar-refractivity contribution in [3.05, 3.63) is 30.1 Å². The minimum Gasteiger partial charge on any atom is -0.326 e. The Kier molecular flexibility index (Phi) is 6.56. The van der Waals surface area contributed by atoms with Crippen LogP contribution in [0.5, 0.6) is 0 Å². The van der Waals surface area contributed by atoms with Gasteiger partial charge in [-0.05, 0) is 31.0 Å². The number of nitrogens with zero attached hydrogens (tertiary/aromatic N) is 4. The SMILES string of the molecule is CN(C(=O)CN1CCN(S(=O)(=O)c2cccc(F)c2)CC1)C1(C#N)CCCCC1. The summed E-state index contributed by atoms with van der Waals surface area (Å²) in [5, 5.41) is 9.66. The van der Waals surface area contributed by atoms with Crippen molar-refractivity contribution in [2.45, 2.75) is 42.5 Å². The maximum Gasteiger partial charge on any atom is 0.243 e. The topological polar surface area (TPSA) is 84.7 Å². The summed E-state index contributed by atoms with van der Waals surface area (Å²) in [6.07, 6.45) is 4.38. The predicted octanol–water partition coefficient (Wildman–Crippen LogP) is 1.82. The highest BCUT2D eigenvalue weighted by Crippen LogP contribution is 2.32. The van der Waals surface area contributed by atoms with Gasteiger partial charge in [-0.15, -0.1) is 0 Å². The van der Waals surface area contributed by atoms with E-state index in [0.717, 1.165) is 25.3 Å². The number of hydrogen-bond donors (Lipinski definition) is 0. The molecular formula is C20H27FN4O3S. The van der Waals surface area contributed by atoms with Gasteiger partial charge in [0.2, 0.25) is 15.9 Å². The van der Waals surface area contributed by atoms with Gasteiger partial charge in [0.1, 0.15) is 11.4 Å². The number of hydrogen-bond acceptors (Lipinski definition) is 5. The van der Waals surface area contributed by atoms with Gasteiger partial charge in [0.25, 0.3) is 0 Å². The average molecular weight is 423 g/mol. The number of nitriles is 1. The van der Waals surface area contributed by atoms with E-state index in [0.29, 0.717) is 25.9 Å². The molecule has 0 spiro atoms. The lowest BCUT2D eigenvalue weighted by molar-refractivity contribution is -0.136. The van der Waals surface area contributed by atoms with Gasteiger partial charge in [0.05, 0.1) is 17.5 Å². The summed E-state index contributed by atoms with van der Waals surface area (Å²) in [5.74, 6) is -0.706. The van der Waals surface area contributed by atoms with Crippen molar-refractivity contribution in [1.82, 2.24) is 14.1 Å². The molecule has 3 rings (SSSR count). The van der Waals surface area contributed by atoms with Crippen LogP contribution in [0, 0.1) is 17.1 Å². The quantitative estimate of drug-likeness (QED) is 0.723. The Balaban J connectivity index is 1.58. The van der Waals surface area contributed by atoms with E-state index in [1.807, 2.05) is 4.90 Å². The molecule has 2 fully saturated rings. The normalized spacial score (nSPS) is 20.7. The molecule has 1 saturated heterocycles. The molecule has 2 aliphatic rings. The Morgan fingerprint density at radius 1 is 1.21 bits per heavy atom. The van der Waals surface area contributed by atoms with Crippen molar-refractivity contribution in [3.8, 4) is 6.07 Å². The van der Waals surface area contributed by atoms with E-state index in [9.17, 15) is 22.9 Å². The van der Waals surface area contributed by atoms with Crippen LogP contribution in [0.3, 0.4) is 0 Å². The molecule has 9 heteroatoms. The predicted molar refractivity (Wildman–Crippen MR) is 106 cm³/mol. The van der Waals surface area contributed by atoms with Gasteiger partial charge in [-0.2, -0.15) is 9.57 Å². The third-order valence-electron chi connectivity index (χ3n) is 6.03. The molecule has 1 aromatic carbocycles. The number of benzene rings is 1. The van der Waals surface area contributed by atoms with Crippen LogP contribution in [0.4, 0.5) is 4.39 Å². The van der Waals surface area contributed by atoms with E-state index in [1.54, 1.807) is 11.9 Å². The van der Waals surface area contributed by atoms with E-state index in [2.05, 4.69) is 6.07 Å². The van der Waals surface area contributed by atoms with Crippen molar-refractivity contribution in [2.24, 2.45) is 0 Å². The van der Waals surface area contributed by atoms with E-state index in [1.165, 1.54) is 22.5 Å². The van der Waals surface area contributed by atoms with Crippen LogP contribution in [0.1, 0.15) is 32.1 Å². The first-order chi connectivity index (χ1) is 13.8. The maximum atomic E-state index is 13.4. The van der Waals surface area contributed by atoms with Crippen molar-refractivity contribution >= 4 is 15.9 Å². The Morgan fingerprint density at radius 2 is 1.86 bits per heavy atom. The second-order valence-electron chi connectivity index (χ2n) is 7.79. The fraction of sp³-hybridized carbons (Fsp3) is 0.600. The number of piperazine rings is 1. The highest BCUT2D eigenvalue weighted by Gasteiger charge is 2.39. The van der Waals surface area contributed by atoms with Crippen molar-refractivity contribution in [3.63, 3.8) is 0 Å². The molecule has 1 heterocycles. The molecule has 7 nitrogen and oxygen atoms in total. The fourth-order valence-electron chi connectivity index (χ4n) is 4.10. The Morgan fingerprint density at radius 3 is 2.45 bits per heavy atom. The van der Waals surface area contributed by atoms with Crippen molar-refractivity contribution in [2.75, 3.05) is 39.8 Å². The summed E-state index contributed by atoms with van der Waals surface area (Å²) >= 11 is 0. The molecule has 0 unspecified atom stereocenters. The third-order valence-corrected chi connectivity index (χ3v) is 7.92. The number of amides is 1. The minimum absolute atomic E-state index is 0.0602. The molecule has 1 amide bonds. The Bertz CT molecular complexity index is 885. The zero-order valence-electron chi connectivity index (χ0n) is 16.7. The van der Waals surface area contributed by atoms with E-state index >= 15 is 0 Å². The molecule has 1 saturated carbocycles. The van der Waals surface area contributed by atoms with Crippen LogP contribution in [-0.2, 0) is 14.8 Å². The van der Waals surface area contributed by atoms with Gasteiger partial charge in [-0.25, -0.2) is 12.8 Å². The van der Waals surface area contributed by atoms with E-state index in [-0.39, 0.29) is 30.4 Å². The van der Waals surface area contributed by atoms with Crippen LogP contribution < -0.4 is 0 Å². The number of halogens is 1. The zero-order chi connectivity index (χ0) is 21.1. The van der Waals surface area contributed by atoms with Crippen LogP contribution >= 0.6 is 0 Å². The van der Waals surface area contributed by atoms with Crippen LogP contribution in [-0.4, -0.2) is 73.7 Å². The highest BCUT2D eigenvalue weighted by atomic mass is 32.2. The minimum atomic E-state index is -3.76. The Labute approximate surface area is 171 Å². The summed E-state index contributed by atoms with van der Waals surface area (Å²) in [5.41, 5.74) is -0.724. The molecule has 0 aromatic heterocycles. The first-order valence-electron chi connectivity index (χ1n) is 9.94. The number of sulfonamides is 1. The lowest BCUT2D eigenvalue weighted by Gasteiger charge is -2.40. The molecule has 29 heavy (non-hydrogen) atoms. The molecule has 1 aliphatic carbocycles. The lowest BCUT2D eigenvalue weighted by Crippen LogP contribution is -2.55. The molecule has 1 aromatic rings. The van der Waals surface area contributed by atoms with Gasteiger partial charge < -0.3 is 4.90 Å². The number of likely N-dealkylation sites (N-methyl/N-ethyl adjacent to an activating group) is 1. The second-order valence-corrected chi connectivity index (χ2v) is 9.73. The Hall–Kier alpha value is -2.02. The van der Waals surface area contributed by atoms with Gasteiger partial charge >= 0.3 is 0 Å². The summed E-state index contributed by atoms with van der Waals surface area (Å²) < 4.78 is 40.1. The molecule has 1 aliphatic heterocycles. The van der Waals surface area contributed by atoms with Crippen LogP contribution in [0.15, 0.2) is 29.2 Å². The molecule has 0 N–H and O–H groups in total. The largest absolute Gasteiger partial charge is 0.326 e. The van der Waals surface area contributed by atoms with Gasteiger partial charge in [-0.3, -0.25) is 9.69 Å². The smallest absolute Gasteiger partial charge is 0.243 e. The standard InChI is InChI=1S/C20H27FN4O3S/c1-23(20(16-22)8-3-2-4-9-20)19(26)15-24-10-12-25(13-11-24)29(27,28)18-7-5-6-17(21)14-18/h5-7,14H,2-4,8-13,15H2,1H3. The maximum absolute atomic E-state index is 13.4. The lowest BCUT2D eigenvalue weighted by atomic mass is 9.81. The first-order valence-corrected chi connectivity index (χ1v) is 11.4. The molecule has 0 bridgehead atoms. The van der Waals surface area contributed by atoms with Crippen molar-refractivity contribution < 1.29 is 17.6 Å². The van der Waals surface area contributed by atoms with Gasteiger partial charge in [0, 0.05) is 33.2 Å². The van der Waals surface area contributed by atoms with Gasteiger partial charge in [-0.1, -0.05) is 25.3 Å². The molecule has 158 valence electrons. The monoisotopic (exact) mass is 422 g/mol. The molecule has 0 radical (unpaired) electrons. The van der Waals surface area contributed by atoms with Crippen LogP contribution in [0.2, 0.25) is 0 Å². The van der Waals surface area contributed by atoms with E-state index < -0.39 is 21.4 Å². The fourth-order valence-corrected chi connectivity index (χ4v) is 5.55. The second kappa shape index (κ2) is 8.78. The summed E-state index contributed by atoms with van der Waals surface area (Å²) in [7, 11) is -2.06. The first kappa shape index (κ1) is 21.7. The summed E-state index contributed by atoms with van der Waals surface area (Å²) in [6, 6.07) is 7.34. The molecule has 0 atom stereocenters. The van der Waals surface area contributed by atoms with Gasteiger partial charge in [0.15, 0.2) is 0 Å². The molecular weight excluding hydrogens is 395 g/mol. The van der Waals surface area contributed by atoms with E-state index in [4.69, 9.17) is 0 Å².